The summed E-state index contributed by atoms with van der Waals surface area (Å²) in [5, 5.41) is -4.32. The van der Waals surface area contributed by atoms with E-state index in [9.17, 15) is 17.8 Å². The highest BCUT2D eigenvalue weighted by atomic mass is 32.2. The van der Waals surface area contributed by atoms with Crippen molar-refractivity contribution in [3.8, 4) is 0 Å². The first kappa shape index (κ1) is 13.4. The van der Waals surface area contributed by atoms with Gasteiger partial charge in [0, 0.05) is 0 Å². The van der Waals surface area contributed by atoms with Crippen molar-refractivity contribution in [2.24, 2.45) is 23.7 Å². The van der Waals surface area contributed by atoms with Crippen LogP contribution < -0.4 is 0 Å². The van der Waals surface area contributed by atoms with Crippen LogP contribution in [-0.4, -0.2) is 26.1 Å². The Kier molecular flexibility index (Phi) is 3.16. The lowest BCUT2D eigenvalue weighted by Gasteiger charge is -2.53. The Bertz CT molecular complexity index is 398. The van der Waals surface area contributed by atoms with E-state index in [0.717, 1.165) is 25.7 Å². The van der Waals surface area contributed by atoms with Crippen LogP contribution in [0.25, 0.3) is 0 Å². The Morgan fingerprint density at radius 2 is 1.58 bits per heavy atom. The van der Waals surface area contributed by atoms with Gasteiger partial charge in [0.1, 0.15) is 6.10 Å². The summed E-state index contributed by atoms with van der Waals surface area (Å²) in [7, 11) is 0. The van der Waals surface area contributed by atoms with E-state index in [2.05, 4.69) is 0 Å². The zero-order valence-corrected chi connectivity index (χ0v) is 11.1. The van der Waals surface area contributed by atoms with Crippen molar-refractivity contribution in [2.75, 3.05) is 0 Å². The zero-order valence-electron chi connectivity index (χ0n) is 10.3. The van der Waals surface area contributed by atoms with Gasteiger partial charge in [-0.25, -0.2) is 9.00 Å². The summed E-state index contributed by atoms with van der Waals surface area (Å²) in [5.41, 5.74) is 0. The molecular weight excluding hydrogens is 278 g/mol. The molecule has 0 radical (unpaired) electrons. The summed E-state index contributed by atoms with van der Waals surface area (Å²) in [6, 6.07) is 0. The summed E-state index contributed by atoms with van der Waals surface area (Å²) < 4.78 is 50.1. The number of esters is 1. The van der Waals surface area contributed by atoms with Crippen molar-refractivity contribution < 1.29 is 27.1 Å². The molecule has 4 rings (SSSR count). The summed E-state index contributed by atoms with van der Waals surface area (Å²) >= 11 is -3.52. The van der Waals surface area contributed by atoms with Crippen LogP contribution in [0.2, 0.25) is 0 Å². The summed E-state index contributed by atoms with van der Waals surface area (Å²) in [6.07, 6.45) is 4.44. The number of rotatable bonds is 3. The molecule has 0 heterocycles. The highest BCUT2D eigenvalue weighted by Gasteiger charge is 2.54. The van der Waals surface area contributed by atoms with Crippen molar-refractivity contribution >= 4 is 17.0 Å². The number of hydrogen-bond acceptors (Lipinski definition) is 3. The average molecular weight is 294 g/mol. The topological polar surface area (TPSA) is 63.6 Å². The van der Waals surface area contributed by atoms with E-state index in [1.165, 1.54) is 6.42 Å². The predicted octanol–water partition coefficient (Wildman–Crippen LogP) is 2.17. The van der Waals surface area contributed by atoms with Gasteiger partial charge in [-0.05, 0) is 55.8 Å². The first-order valence-corrected chi connectivity index (χ1v) is 7.68. The Morgan fingerprint density at radius 1 is 1.11 bits per heavy atom. The minimum atomic E-state index is -4.32. The molecule has 7 heteroatoms. The van der Waals surface area contributed by atoms with E-state index in [1.54, 1.807) is 0 Å². The molecule has 0 aromatic rings. The number of carbonyl (C=O) groups is 1. The SMILES string of the molecule is O=C(OC1C2CC3CC(C2)CC1C3)C(F)(F)S(=O)O. The molecule has 1 N–H and O–H groups in total. The summed E-state index contributed by atoms with van der Waals surface area (Å²) in [6.45, 7) is 0. The van der Waals surface area contributed by atoms with Gasteiger partial charge in [-0.15, -0.1) is 0 Å². The van der Waals surface area contributed by atoms with Gasteiger partial charge in [-0.3, -0.25) is 0 Å². The first-order chi connectivity index (χ1) is 8.88. The molecule has 4 saturated carbocycles. The Hall–Kier alpha value is -0.560. The van der Waals surface area contributed by atoms with Gasteiger partial charge in [0.15, 0.2) is 0 Å². The van der Waals surface area contributed by atoms with Gasteiger partial charge in [-0.2, -0.15) is 8.78 Å². The van der Waals surface area contributed by atoms with E-state index < -0.39 is 28.4 Å². The van der Waals surface area contributed by atoms with Crippen molar-refractivity contribution in [3.63, 3.8) is 0 Å². The van der Waals surface area contributed by atoms with Crippen molar-refractivity contribution in [3.05, 3.63) is 0 Å². The normalized spacial score (nSPS) is 42.2. The van der Waals surface area contributed by atoms with Gasteiger partial charge in [-0.1, -0.05) is 0 Å². The van der Waals surface area contributed by atoms with Gasteiger partial charge in [0.05, 0.1) is 0 Å². The largest absolute Gasteiger partial charge is 0.457 e. The third-order valence-corrected chi connectivity index (χ3v) is 5.45. The molecule has 0 aromatic carbocycles. The van der Waals surface area contributed by atoms with Crippen LogP contribution in [0, 0.1) is 23.7 Å². The lowest BCUT2D eigenvalue weighted by molar-refractivity contribution is -0.186. The number of hydrogen-bond donors (Lipinski definition) is 1. The van der Waals surface area contributed by atoms with Crippen LogP contribution in [0.5, 0.6) is 0 Å². The van der Waals surface area contributed by atoms with Gasteiger partial charge in [0.25, 0.3) is 0 Å². The van der Waals surface area contributed by atoms with Crippen molar-refractivity contribution in [1.29, 1.82) is 0 Å². The smallest absolute Gasteiger partial charge is 0.439 e. The van der Waals surface area contributed by atoms with Gasteiger partial charge >= 0.3 is 11.2 Å². The number of carbonyl (C=O) groups excluding carboxylic acids is 1. The molecule has 0 saturated heterocycles. The number of ether oxygens (including phenoxy) is 1. The quantitative estimate of drug-likeness (QED) is 0.640. The predicted molar refractivity (Wildman–Crippen MR) is 62.6 cm³/mol. The third-order valence-electron chi connectivity index (χ3n) is 4.84. The zero-order chi connectivity index (χ0) is 13.8. The van der Waals surface area contributed by atoms with E-state index in [1.807, 2.05) is 0 Å². The molecular formula is C12H16F2O4S. The molecule has 4 aliphatic carbocycles. The highest BCUT2D eigenvalue weighted by molar-refractivity contribution is 7.81. The minimum Gasteiger partial charge on any atom is -0.457 e. The Labute approximate surface area is 112 Å². The van der Waals surface area contributed by atoms with Crippen LogP contribution in [0.3, 0.4) is 0 Å². The van der Waals surface area contributed by atoms with E-state index in [0.29, 0.717) is 11.8 Å². The highest BCUT2D eigenvalue weighted by Crippen LogP contribution is 2.54. The van der Waals surface area contributed by atoms with Gasteiger partial charge < -0.3 is 9.29 Å². The van der Waals surface area contributed by atoms with Crippen molar-refractivity contribution in [1.82, 2.24) is 0 Å². The van der Waals surface area contributed by atoms with E-state index in [4.69, 9.17) is 9.29 Å². The lowest BCUT2D eigenvalue weighted by atomic mass is 9.55. The second-order valence-electron chi connectivity index (χ2n) is 6.07. The molecule has 4 nitrogen and oxygen atoms in total. The molecule has 108 valence electrons. The van der Waals surface area contributed by atoms with E-state index in [-0.39, 0.29) is 11.8 Å². The fourth-order valence-corrected chi connectivity index (χ4v) is 4.52. The summed E-state index contributed by atoms with van der Waals surface area (Å²) in [4.78, 5) is 11.4. The lowest BCUT2D eigenvalue weighted by Crippen LogP contribution is -2.51. The standard InChI is InChI=1S/C12H16F2O4S/c13-12(14,19(16)17)11(15)18-10-8-2-6-1-7(4-8)5-9(10)3-6/h6-10H,1-5H2,(H,16,17). The number of halogens is 2. The molecule has 0 spiro atoms. The van der Waals surface area contributed by atoms with Crippen molar-refractivity contribution in [2.45, 2.75) is 43.5 Å². The number of alkyl halides is 2. The molecule has 0 aliphatic heterocycles. The maximum atomic E-state index is 13.1. The van der Waals surface area contributed by atoms with Crippen LogP contribution in [0.4, 0.5) is 8.78 Å². The Balaban J connectivity index is 1.71. The molecule has 19 heavy (non-hydrogen) atoms. The second-order valence-corrected chi connectivity index (χ2v) is 7.08. The fraction of sp³-hybridized carbons (Fsp3) is 0.917. The third kappa shape index (κ3) is 2.20. The van der Waals surface area contributed by atoms with Gasteiger partial charge in [0.2, 0.25) is 11.1 Å². The molecule has 1 unspecified atom stereocenters. The van der Waals surface area contributed by atoms with E-state index >= 15 is 0 Å². The second kappa shape index (κ2) is 4.48. The molecule has 0 amide bonds. The maximum absolute atomic E-state index is 13.1. The molecule has 0 aromatic heterocycles. The minimum absolute atomic E-state index is 0.156. The van der Waals surface area contributed by atoms with Crippen LogP contribution in [0.15, 0.2) is 0 Å². The fourth-order valence-electron chi connectivity index (χ4n) is 4.33. The van der Waals surface area contributed by atoms with Crippen LogP contribution >= 0.6 is 0 Å². The maximum Gasteiger partial charge on any atom is 0.439 e. The molecule has 4 bridgehead atoms. The monoisotopic (exact) mass is 294 g/mol. The Morgan fingerprint density at radius 3 is 2.00 bits per heavy atom. The van der Waals surface area contributed by atoms with Crippen LogP contribution in [-0.2, 0) is 20.6 Å². The first-order valence-electron chi connectivity index (χ1n) is 6.57. The average Bonchev–Trinajstić information content (AvgIpc) is 2.32. The van der Waals surface area contributed by atoms with Crippen LogP contribution in [0.1, 0.15) is 32.1 Å². The summed E-state index contributed by atoms with van der Waals surface area (Å²) in [5.74, 6) is -0.257. The molecule has 4 fully saturated rings. The molecule has 1 atom stereocenters. The molecule has 4 aliphatic rings.